The van der Waals surface area contributed by atoms with Crippen LogP contribution in [0.3, 0.4) is 0 Å². The maximum atomic E-state index is 12.8. The zero-order valence-corrected chi connectivity index (χ0v) is 12.5. The van der Waals surface area contributed by atoms with Gasteiger partial charge in [0.1, 0.15) is 11.6 Å². The Labute approximate surface area is 124 Å². The fourth-order valence-electron chi connectivity index (χ4n) is 3.04. The molecule has 2 aliphatic rings. The quantitative estimate of drug-likeness (QED) is 0.903. The molecule has 1 N–H and O–H groups in total. The molecule has 2 heterocycles. The number of hydrogen-bond donors (Lipinski definition) is 1. The van der Waals surface area contributed by atoms with E-state index in [9.17, 15) is 9.59 Å². The third-order valence-corrected chi connectivity index (χ3v) is 4.66. The van der Waals surface area contributed by atoms with Crippen molar-refractivity contribution in [3.8, 4) is 0 Å². The molecule has 2 atom stereocenters. The van der Waals surface area contributed by atoms with Crippen molar-refractivity contribution in [2.75, 3.05) is 6.54 Å². The summed E-state index contributed by atoms with van der Waals surface area (Å²) in [6.07, 6.45) is 4.46. The van der Waals surface area contributed by atoms with E-state index in [2.05, 4.69) is 10.3 Å². The lowest BCUT2D eigenvalue weighted by atomic mass is 9.89. The van der Waals surface area contributed by atoms with Gasteiger partial charge < -0.3 is 10.2 Å². The Kier molecular flexibility index (Phi) is 3.43. The average Bonchev–Trinajstić information content (AvgIpc) is 3.31. The molecule has 1 saturated heterocycles. The van der Waals surface area contributed by atoms with Crippen LogP contribution in [0, 0.1) is 5.92 Å². The van der Waals surface area contributed by atoms with Crippen LogP contribution < -0.4 is 5.32 Å². The van der Waals surface area contributed by atoms with Crippen molar-refractivity contribution in [3.63, 3.8) is 0 Å². The molecule has 1 aliphatic carbocycles. The molecule has 0 spiro atoms. The standard InChI is InChI=1S/C16H21N3O2/c1-11-14(20)18-16(2,12-6-7-12)15(21)19(11)10-8-13-5-3-4-9-17-13/h3-5,9,11-12H,6-8,10H2,1-2H3,(H,18,20). The normalized spacial score (nSPS) is 29.4. The number of carbonyl (C=O) groups excluding carboxylic acids is 2. The highest BCUT2D eigenvalue weighted by molar-refractivity contribution is 5.99. The van der Waals surface area contributed by atoms with Crippen molar-refractivity contribution in [2.24, 2.45) is 5.92 Å². The number of aromatic nitrogens is 1. The lowest BCUT2D eigenvalue weighted by molar-refractivity contribution is -0.154. The summed E-state index contributed by atoms with van der Waals surface area (Å²) in [6.45, 7) is 4.19. The molecule has 1 aliphatic heterocycles. The average molecular weight is 287 g/mol. The summed E-state index contributed by atoms with van der Waals surface area (Å²) in [5, 5.41) is 2.94. The summed E-state index contributed by atoms with van der Waals surface area (Å²) in [4.78, 5) is 31.0. The van der Waals surface area contributed by atoms with E-state index in [1.165, 1.54) is 0 Å². The molecular formula is C16H21N3O2. The predicted octanol–water partition coefficient (Wildman–Crippen LogP) is 1.14. The number of nitrogens with one attached hydrogen (secondary N) is 1. The predicted molar refractivity (Wildman–Crippen MR) is 78.4 cm³/mol. The summed E-state index contributed by atoms with van der Waals surface area (Å²) in [6, 6.07) is 5.34. The third kappa shape index (κ3) is 2.52. The Morgan fingerprint density at radius 3 is 2.76 bits per heavy atom. The van der Waals surface area contributed by atoms with Gasteiger partial charge in [-0.15, -0.1) is 0 Å². The van der Waals surface area contributed by atoms with Crippen LogP contribution in [0.4, 0.5) is 0 Å². The van der Waals surface area contributed by atoms with E-state index >= 15 is 0 Å². The van der Waals surface area contributed by atoms with Gasteiger partial charge in [0.2, 0.25) is 11.8 Å². The highest BCUT2D eigenvalue weighted by atomic mass is 16.2. The van der Waals surface area contributed by atoms with Crippen molar-refractivity contribution in [2.45, 2.75) is 44.7 Å². The molecule has 112 valence electrons. The molecule has 0 aromatic carbocycles. The Balaban J connectivity index is 1.75. The van der Waals surface area contributed by atoms with Gasteiger partial charge in [0, 0.05) is 24.9 Å². The molecule has 3 rings (SSSR count). The summed E-state index contributed by atoms with van der Waals surface area (Å²) in [5.74, 6) is 0.289. The first-order valence-electron chi connectivity index (χ1n) is 7.55. The number of carbonyl (C=O) groups is 2. The van der Waals surface area contributed by atoms with Crippen molar-refractivity contribution in [1.29, 1.82) is 0 Å². The summed E-state index contributed by atoms with van der Waals surface area (Å²) in [5.41, 5.74) is 0.227. The maximum Gasteiger partial charge on any atom is 0.249 e. The molecule has 0 bridgehead atoms. The number of hydrogen-bond acceptors (Lipinski definition) is 3. The molecule has 1 aromatic rings. The Morgan fingerprint density at radius 1 is 1.38 bits per heavy atom. The van der Waals surface area contributed by atoms with Gasteiger partial charge in [-0.25, -0.2) is 0 Å². The molecule has 2 fully saturated rings. The van der Waals surface area contributed by atoms with Crippen molar-refractivity contribution >= 4 is 11.8 Å². The molecule has 5 nitrogen and oxygen atoms in total. The number of amides is 2. The number of piperazine rings is 1. The molecule has 1 aromatic heterocycles. The van der Waals surface area contributed by atoms with Crippen LogP contribution in [0.25, 0.3) is 0 Å². The fourth-order valence-corrected chi connectivity index (χ4v) is 3.04. The van der Waals surface area contributed by atoms with Crippen LogP contribution in [0.5, 0.6) is 0 Å². The van der Waals surface area contributed by atoms with Crippen molar-refractivity contribution in [1.82, 2.24) is 15.2 Å². The zero-order valence-electron chi connectivity index (χ0n) is 12.5. The van der Waals surface area contributed by atoms with Gasteiger partial charge in [-0.2, -0.15) is 0 Å². The van der Waals surface area contributed by atoms with Crippen LogP contribution in [-0.2, 0) is 16.0 Å². The highest BCUT2D eigenvalue weighted by Crippen LogP contribution is 2.42. The van der Waals surface area contributed by atoms with Crippen molar-refractivity contribution in [3.05, 3.63) is 30.1 Å². The van der Waals surface area contributed by atoms with E-state index in [1.54, 1.807) is 18.0 Å². The smallest absolute Gasteiger partial charge is 0.249 e. The Morgan fingerprint density at radius 2 is 2.14 bits per heavy atom. The van der Waals surface area contributed by atoms with E-state index in [1.807, 2.05) is 25.1 Å². The summed E-state index contributed by atoms with van der Waals surface area (Å²) in [7, 11) is 0. The topological polar surface area (TPSA) is 62.3 Å². The lowest BCUT2D eigenvalue weighted by Gasteiger charge is -2.43. The van der Waals surface area contributed by atoms with Gasteiger partial charge in [-0.05, 0) is 44.7 Å². The van der Waals surface area contributed by atoms with E-state index < -0.39 is 11.6 Å². The minimum absolute atomic E-state index is 0.0491. The summed E-state index contributed by atoms with van der Waals surface area (Å²) < 4.78 is 0. The molecule has 1 saturated carbocycles. The van der Waals surface area contributed by atoms with Crippen LogP contribution in [0.2, 0.25) is 0 Å². The first-order chi connectivity index (χ1) is 10.0. The number of nitrogens with zero attached hydrogens (tertiary/aromatic N) is 2. The fraction of sp³-hybridized carbons (Fsp3) is 0.562. The largest absolute Gasteiger partial charge is 0.340 e. The van der Waals surface area contributed by atoms with E-state index in [0.717, 1.165) is 18.5 Å². The minimum Gasteiger partial charge on any atom is -0.340 e. The second kappa shape index (κ2) is 5.13. The van der Waals surface area contributed by atoms with E-state index in [0.29, 0.717) is 18.9 Å². The first kappa shape index (κ1) is 14.0. The highest BCUT2D eigenvalue weighted by Gasteiger charge is 2.54. The lowest BCUT2D eigenvalue weighted by Crippen LogP contribution is -2.69. The van der Waals surface area contributed by atoms with Gasteiger partial charge in [0.15, 0.2) is 0 Å². The molecule has 5 heteroatoms. The first-order valence-corrected chi connectivity index (χ1v) is 7.55. The van der Waals surface area contributed by atoms with Crippen molar-refractivity contribution < 1.29 is 9.59 Å². The van der Waals surface area contributed by atoms with E-state index in [-0.39, 0.29) is 11.8 Å². The Hall–Kier alpha value is -1.91. The number of pyridine rings is 1. The maximum absolute atomic E-state index is 12.8. The number of rotatable bonds is 4. The molecule has 2 amide bonds. The van der Waals surface area contributed by atoms with Gasteiger partial charge in [-0.3, -0.25) is 14.6 Å². The second-order valence-electron chi connectivity index (χ2n) is 6.21. The Bertz CT molecular complexity index is 556. The second-order valence-corrected chi connectivity index (χ2v) is 6.21. The molecule has 21 heavy (non-hydrogen) atoms. The van der Waals surface area contributed by atoms with Gasteiger partial charge in [0.25, 0.3) is 0 Å². The summed E-state index contributed by atoms with van der Waals surface area (Å²) >= 11 is 0. The van der Waals surface area contributed by atoms with Crippen LogP contribution in [0.1, 0.15) is 32.4 Å². The monoisotopic (exact) mass is 287 g/mol. The van der Waals surface area contributed by atoms with Gasteiger partial charge in [0.05, 0.1) is 0 Å². The molecule has 2 unspecified atom stereocenters. The van der Waals surface area contributed by atoms with Gasteiger partial charge in [-0.1, -0.05) is 6.07 Å². The van der Waals surface area contributed by atoms with Gasteiger partial charge >= 0.3 is 0 Å². The van der Waals surface area contributed by atoms with E-state index in [4.69, 9.17) is 0 Å². The van der Waals surface area contributed by atoms with Crippen LogP contribution in [0.15, 0.2) is 24.4 Å². The third-order valence-electron chi connectivity index (χ3n) is 4.66. The molecular weight excluding hydrogens is 266 g/mol. The molecule has 0 radical (unpaired) electrons. The van der Waals surface area contributed by atoms with Crippen LogP contribution >= 0.6 is 0 Å². The van der Waals surface area contributed by atoms with Crippen LogP contribution in [-0.4, -0.2) is 39.8 Å². The minimum atomic E-state index is -0.715. The SMILES string of the molecule is CC1C(=O)NC(C)(C2CC2)C(=O)N1CCc1ccccn1. The zero-order chi connectivity index (χ0) is 15.0.